The summed E-state index contributed by atoms with van der Waals surface area (Å²) in [5, 5.41) is 4.41. The van der Waals surface area contributed by atoms with Crippen LogP contribution in [0, 0.1) is 29.6 Å². The van der Waals surface area contributed by atoms with E-state index in [9.17, 15) is 9.59 Å². The van der Waals surface area contributed by atoms with Crippen LogP contribution in [0.25, 0.3) is 0 Å². The molecule has 7 heteroatoms. The molecule has 6 atom stereocenters. The third-order valence-electron chi connectivity index (χ3n) is 7.61. The fraction of sp³-hybridized carbons (Fsp3) is 0.400. The highest BCUT2D eigenvalue weighted by Crippen LogP contribution is 2.61. The number of carbonyl (C=O) groups excluding carboxylic acids is 2. The van der Waals surface area contributed by atoms with E-state index >= 15 is 0 Å². The number of nitrogens with zero attached hydrogens (tertiary/aromatic N) is 2. The highest BCUT2D eigenvalue weighted by molar-refractivity contribution is 6.08. The third kappa shape index (κ3) is 2.63. The number of fused-ring (bicyclic) bond motifs is 8. The summed E-state index contributed by atoms with van der Waals surface area (Å²) in [4.78, 5) is 32.5. The average Bonchev–Trinajstić information content (AvgIpc) is 3.56. The number of rotatable bonds is 5. The number of methoxy groups -OCH3 is 1. The maximum atomic E-state index is 12.7. The van der Waals surface area contributed by atoms with E-state index in [4.69, 9.17) is 14.3 Å². The van der Waals surface area contributed by atoms with Crippen LogP contribution in [0.2, 0.25) is 0 Å². The molecule has 164 valence electrons. The second-order valence-corrected chi connectivity index (χ2v) is 9.06. The quantitative estimate of drug-likeness (QED) is 0.679. The number of hydrogen-bond acceptors (Lipinski definition) is 6. The van der Waals surface area contributed by atoms with Crippen LogP contribution in [-0.4, -0.2) is 42.7 Å². The Morgan fingerprint density at radius 2 is 1.75 bits per heavy atom. The van der Waals surface area contributed by atoms with Gasteiger partial charge >= 0.3 is 0 Å². The number of benzene rings is 2. The first-order chi connectivity index (χ1) is 15.6. The predicted molar refractivity (Wildman–Crippen MR) is 115 cm³/mol. The van der Waals surface area contributed by atoms with Gasteiger partial charge in [-0.05, 0) is 36.1 Å². The number of likely N-dealkylation sites (tertiary alicyclic amines) is 1. The van der Waals surface area contributed by atoms with Crippen molar-refractivity contribution in [1.82, 2.24) is 4.90 Å². The van der Waals surface area contributed by atoms with Crippen LogP contribution in [0.4, 0.5) is 0 Å². The van der Waals surface area contributed by atoms with Gasteiger partial charge in [-0.2, -0.15) is 0 Å². The summed E-state index contributed by atoms with van der Waals surface area (Å²) in [7, 11) is 3.21. The van der Waals surface area contributed by atoms with Gasteiger partial charge < -0.3 is 14.3 Å². The van der Waals surface area contributed by atoms with Crippen molar-refractivity contribution >= 4 is 17.5 Å². The van der Waals surface area contributed by atoms with E-state index < -0.39 is 0 Å². The molecule has 4 aliphatic rings. The minimum Gasteiger partial charge on any atom is -0.493 e. The molecule has 3 fully saturated rings. The number of oxime groups is 1. The summed E-state index contributed by atoms with van der Waals surface area (Å²) in [6, 6.07) is 15.7. The van der Waals surface area contributed by atoms with Crippen molar-refractivity contribution in [2.24, 2.45) is 34.7 Å². The lowest BCUT2D eigenvalue weighted by atomic mass is 9.71. The second kappa shape index (κ2) is 7.08. The van der Waals surface area contributed by atoms with E-state index in [2.05, 4.69) is 5.16 Å². The minimum absolute atomic E-state index is 0.0188. The van der Waals surface area contributed by atoms with Gasteiger partial charge in [-0.15, -0.1) is 0 Å². The van der Waals surface area contributed by atoms with Crippen LogP contribution < -0.4 is 9.47 Å². The fourth-order valence-corrected chi connectivity index (χ4v) is 6.20. The van der Waals surface area contributed by atoms with Gasteiger partial charge in [0.15, 0.2) is 11.5 Å². The molecular formula is C25H24N2O5. The molecule has 2 heterocycles. The number of hydrogen-bond donors (Lipinski definition) is 0. The molecule has 1 saturated heterocycles. The van der Waals surface area contributed by atoms with Gasteiger partial charge in [0.2, 0.25) is 11.8 Å². The molecule has 0 radical (unpaired) electrons. The van der Waals surface area contributed by atoms with Gasteiger partial charge in [0.1, 0.15) is 12.7 Å². The first-order valence-electron chi connectivity index (χ1n) is 11.0. The lowest BCUT2D eigenvalue weighted by Gasteiger charge is -2.30. The van der Waals surface area contributed by atoms with Crippen LogP contribution in [0.3, 0.4) is 0 Å². The van der Waals surface area contributed by atoms with Crippen LogP contribution in [-0.2, 0) is 21.0 Å². The maximum absolute atomic E-state index is 12.7. The molecule has 2 bridgehead atoms. The van der Waals surface area contributed by atoms with Crippen molar-refractivity contribution in [3.63, 3.8) is 0 Å². The van der Waals surface area contributed by atoms with Crippen LogP contribution in [0.15, 0.2) is 53.7 Å². The number of imide groups is 1. The molecule has 32 heavy (non-hydrogen) atoms. The van der Waals surface area contributed by atoms with E-state index in [0.717, 1.165) is 23.3 Å². The van der Waals surface area contributed by atoms with Crippen molar-refractivity contribution < 1.29 is 23.9 Å². The highest BCUT2D eigenvalue weighted by atomic mass is 16.6. The van der Waals surface area contributed by atoms with E-state index in [1.54, 1.807) is 14.2 Å². The zero-order valence-electron chi connectivity index (χ0n) is 17.9. The van der Waals surface area contributed by atoms with Gasteiger partial charge in [0, 0.05) is 24.4 Å². The molecule has 0 spiro atoms. The standard InChI is InChI=1S/C25H24N2O5/c1-27-24(28)19-15-11-16(20(19)25(27)29)23-21(15)22(26-32-23)14-8-9-17(18(10-14)30-2)31-12-13-6-4-3-5-7-13/h3-10,15-16,19-21,23H,11-12H2,1-2H3/t15-,16+,19+,20-,21+,23+/m0/s1. The Balaban J connectivity index is 1.25. The molecule has 6 rings (SSSR count). The lowest BCUT2D eigenvalue weighted by molar-refractivity contribution is -0.139. The zero-order valence-corrected chi connectivity index (χ0v) is 17.9. The van der Waals surface area contributed by atoms with E-state index in [0.29, 0.717) is 18.1 Å². The molecule has 7 nitrogen and oxygen atoms in total. The van der Waals surface area contributed by atoms with Gasteiger partial charge in [-0.1, -0.05) is 35.5 Å². The van der Waals surface area contributed by atoms with Crippen LogP contribution in [0.1, 0.15) is 17.5 Å². The molecule has 2 aliphatic heterocycles. The van der Waals surface area contributed by atoms with Crippen molar-refractivity contribution in [2.75, 3.05) is 14.2 Å². The summed E-state index contributed by atoms with van der Waals surface area (Å²) >= 11 is 0. The SMILES string of the molecule is COc1cc(C2=NO[C@@H]3[C@@H]4C[C@@H]([C@H]5C(=O)N(C)C(=O)[C@@H]45)[C@H]23)ccc1OCc1ccccc1. The fourth-order valence-electron chi connectivity index (χ4n) is 6.20. The Morgan fingerprint density at radius 1 is 1.00 bits per heavy atom. The first kappa shape index (κ1) is 19.3. The molecule has 2 aromatic rings. The Bertz CT molecular complexity index is 1130. The van der Waals surface area contributed by atoms with Crippen molar-refractivity contribution in [3.8, 4) is 11.5 Å². The van der Waals surface area contributed by atoms with Crippen LogP contribution in [0.5, 0.6) is 11.5 Å². The van der Waals surface area contributed by atoms with E-state index in [1.807, 2.05) is 48.5 Å². The Morgan fingerprint density at radius 3 is 2.50 bits per heavy atom. The summed E-state index contributed by atoms with van der Waals surface area (Å²) in [6.45, 7) is 0.446. The number of carbonyl (C=O) groups is 2. The molecule has 0 aromatic heterocycles. The highest BCUT2D eigenvalue weighted by Gasteiger charge is 2.69. The van der Waals surface area contributed by atoms with Crippen molar-refractivity contribution in [2.45, 2.75) is 19.1 Å². The zero-order chi connectivity index (χ0) is 22.0. The summed E-state index contributed by atoms with van der Waals surface area (Å²) in [5.74, 6) is 0.803. The van der Waals surface area contributed by atoms with Gasteiger partial charge in [0.25, 0.3) is 0 Å². The Labute approximate surface area is 185 Å². The van der Waals surface area contributed by atoms with Crippen LogP contribution >= 0.6 is 0 Å². The molecule has 0 N–H and O–H groups in total. The third-order valence-corrected chi connectivity index (χ3v) is 7.61. The largest absolute Gasteiger partial charge is 0.493 e. The maximum Gasteiger partial charge on any atom is 0.233 e. The normalized spacial score (nSPS) is 31.9. The van der Waals surface area contributed by atoms with Crippen molar-refractivity contribution in [1.29, 1.82) is 0 Å². The predicted octanol–water partition coefficient (Wildman–Crippen LogP) is 2.87. The second-order valence-electron chi connectivity index (χ2n) is 9.06. The first-order valence-corrected chi connectivity index (χ1v) is 11.0. The van der Waals surface area contributed by atoms with Gasteiger partial charge in [0.05, 0.1) is 24.7 Å². The Hall–Kier alpha value is -3.35. The molecule has 0 unspecified atom stereocenters. The van der Waals surface area contributed by atoms with Gasteiger partial charge in [-0.3, -0.25) is 14.5 Å². The van der Waals surface area contributed by atoms with Crippen molar-refractivity contribution in [3.05, 3.63) is 59.7 Å². The molecule has 2 saturated carbocycles. The Kier molecular flexibility index (Phi) is 4.28. The molecule has 2 amide bonds. The summed E-state index contributed by atoms with van der Waals surface area (Å²) < 4.78 is 11.6. The minimum atomic E-state index is -0.253. The summed E-state index contributed by atoms with van der Waals surface area (Å²) in [5.41, 5.74) is 2.81. The average molecular weight is 432 g/mol. The number of amides is 2. The molecule has 2 aromatic carbocycles. The van der Waals surface area contributed by atoms with E-state index in [1.165, 1.54) is 4.90 Å². The van der Waals surface area contributed by atoms with Gasteiger partial charge in [-0.25, -0.2) is 0 Å². The van der Waals surface area contributed by atoms with E-state index in [-0.39, 0.29) is 47.5 Å². The number of ether oxygens (including phenoxy) is 2. The topological polar surface area (TPSA) is 77.4 Å². The molecular weight excluding hydrogens is 408 g/mol. The lowest BCUT2D eigenvalue weighted by Crippen LogP contribution is -2.41. The molecule has 2 aliphatic carbocycles. The summed E-state index contributed by atoms with van der Waals surface area (Å²) in [6.07, 6.45) is 0.698. The monoisotopic (exact) mass is 432 g/mol. The smallest absolute Gasteiger partial charge is 0.233 e.